The van der Waals surface area contributed by atoms with Gasteiger partial charge in [0.25, 0.3) is 0 Å². The summed E-state index contributed by atoms with van der Waals surface area (Å²) in [4.78, 5) is 16.1. The zero-order valence-electron chi connectivity index (χ0n) is 12.9. The quantitative estimate of drug-likeness (QED) is 0.873. The van der Waals surface area contributed by atoms with Crippen LogP contribution in [0.1, 0.15) is 50.3 Å². The van der Waals surface area contributed by atoms with Crippen molar-refractivity contribution in [2.24, 2.45) is 5.92 Å². The Balaban J connectivity index is 1.51. The molecule has 21 heavy (non-hydrogen) atoms. The molecule has 1 amide bonds. The van der Waals surface area contributed by atoms with Gasteiger partial charge in [-0.3, -0.25) is 9.69 Å². The Morgan fingerprint density at radius 2 is 2.14 bits per heavy atom. The first-order valence-electron chi connectivity index (χ1n) is 8.28. The van der Waals surface area contributed by atoms with E-state index in [9.17, 15) is 4.79 Å². The molecule has 4 heteroatoms. The number of rotatable bonds is 6. The molecule has 1 heterocycles. The summed E-state index contributed by atoms with van der Waals surface area (Å²) in [7, 11) is 0. The molecule has 2 saturated carbocycles. The lowest BCUT2D eigenvalue weighted by atomic mass is 9.86. The second-order valence-corrected chi connectivity index (χ2v) is 7.68. The van der Waals surface area contributed by atoms with Gasteiger partial charge < -0.3 is 5.32 Å². The van der Waals surface area contributed by atoms with E-state index in [1.165, 1.54) is 37.0 Å². The lowest BCUT2D eigenvalue weighted by Gasteiger charge is -2.30. The van der Waals surface area contributed by atoms with Crippen LogP contribution in [0.25, 0.3) is 0 Å². The number of hydrogen-bond donors (Lipinski definition) is 1. The van der Waals surface area contributed by atoms with Gasteiger partial charge in [0, 0.05) is 23.5 Å². The fourth-order valence-electron chi connectivity index (χ4n) is 3.32. The molecule has 3 rings (SSSR count). The maximum atomic E-state index is 12.4. The van der Waals surface area contributed by atoms with Gasteiger partial charge in [0.2, 0.25) is 5.91 Å². The summed E-state index contributed by atoms with van der Waals surface area (Å²) >= 11 is 1.79. The summed E-state index contributed by atoms with van der Waals surface area (Å²) in [6, 6.07) is 5.28. The number of thiophene rings is 1. The molecule has 0 aromatic carbocycles. The maximum Gasteiger partial charge on any atom is 0.234 e. The van der Waals surface area contributed by atoms with E-state index in [4.69, 9.17) is 0 Å². The molecule has 0 unspecified atom stereocenters. The van der Waals surface area contributed by atoms with Crippen LogP contribution in [0.15, 0.2) is 17.5 Å². The first kappa shape index (κ1) is 15.0. The minimum Gasteiger partial charge on any atom is -0.352 e. The first-order chi connectivity index (χ1) is 10.2. The molecule has 2 aliphatic rings. The van der Waals surface area contributed by atoms with Crippen molar-refractivity contribution in [3.8, 4) is 0 Å². The highest BCUT2D eigenvalue weighted by Gasteiger charge is 2.31. The average Bonchev–Trinajstić information content (AvgIpc) is 3.19. The Kier molecular flexibility index (Phi) is 4.96. The van der Waals surface area contributed by atoms with Gasteiger partial charge >= 0.3 is 0 Å². The number of carbonyl (C=O) groups is 1. The maximum absolute atomic E-state index is 12.4. The third-order valence-electron chi connectivity index (χ3n) is 4.81. The summed E-state index contributed by atoms with van der Waals surface area (Å²) < 4.78 is 0. The van der Waals surface area contributed by atoms with Crippen molar-refractivity contribution in [3.05, 3.63) is 22.4 Å². The lowest BCUT2D eigenvalue weighted by Crippen LogP contribution is -2.46. The average molecular weight is 306 g/mol. The Morgan fingerprint density at radius 1 is 1.33 bits per heavy atom. The van der Waals surface area contributed by atoms with Gasteiger partial charge in [-0.15, -0.1) is 11.3 Å². The molecular weight excluding hydrogens is 280 g/mol. The van der Waals surface area contributed by atoms with Crippen LogP contribution in [0.5, 0.6) is 0 Å². The fourth-order valence-corrected chi connectivity index (χ4v) is 4.05. The van der Waals surface area contributed by atoms with E-state index in [1.54, 1.807) is 11.3 Å². The fraction of sp³-hybridized carbons (Fsp3) is 0.706. The summed E-state index contributed by atoms with van der Waals surface area (Å²) in [6.45, 7) is 3.76. The third-order valence-corrected chi connectivity index (χ3v) is 5.67. The van der Waals surface area contributed by atoms with Crippen molar-refractivity contribution < 1.29 is 4.79 Å². The molecule has 3 nitrogen and oxygen atoms in total. The summed E-state index contributed by atoms with van der Waals surface area (Å²) in [5.74, 6) is 0.853. The zero-order valence-corrected chi connectivity index (χ0v) is 13.7. The highest BCUT2D eigenvalue weighted by Crippen LogP contribution is 2.29. The van der Waals surface area contributed by atoms with Crippen LogP contribution in [-0.2, 0) is 11.3 Å². The summed E-state index contributed by atoms with van der Waals surface area (Å²) in [5, 5.41) is 5.40. The molecule has 1 N–H and O–H groups in total. The van der Waals surface area contributed by atoms with Crippen LogP contribution in [0, 0.1) is 5.92 Å². The van der Waals surface area contributed by atoms with E-state index in [0.29, 0.717) is 24.5 Å². The van der Waals surface area contributed by atoms with Gasteiger partial charge in [-0.2, -0.15) is 0 Å². The molecule has 2 aliphatic carbocycles. The van der Waals surface area contributed by atoms with E-state index in [0.717, 1.165) is 13.0 Å². The topological polar surface area (TPSA) is 32.3 Å². The Labute approximate surface area is 131 Å². The Hall–Kier alpha value is -0.870. The largest absolute Gasteiger partial charge is 0.352 e. The zero-order chi connectivity index (χ0) is 14.7. The number of nitrogens with one attached hydrogen (secondary N) is 1. The van der Waals surface area contributed by atoms with E-state index in [-0.39, 0.29) is 5.91 Å². The monoisotopic (exact) mass is 306 g/mol. The van der Waals surface area contributed by atoms with Gasteiger partial charge in [-0.25, -0.2) is 0 Å². The minimum absolute atomic E-state index is 0.220. The molecule has 0 saturated heterocycles. The van der Waals surface area contributed by atoms with E-state index >= 15 is 0 Å². The van der Waals surface area contributed by atoms with Gasteiger partial charge in [0.1, 0.15) is 0 Å². The van der Waals surface area contributed by atoms with Crippen LogP contribution >= 0.6 is 11.3 Å². The highest BCUT2D eigenvalue weighted by atomic mass is 32.1. The molecule has 1 aromatic rings. The number of amides is 1. The predicted octanol–water partition coefficient (Wildman–Crippen LogP) is 3.41. The first-order valence-corrected chi connectivity index (χ1v) is 9.16. The Morgan fingerprint density at radius 3 is 2.81 bits per heavy atom. The summed E-state index contributed by atoms with van der Waals surface area (Å²) in [5.41, 5.74) is 0. The molecule has 1 aromatic heterocycles. The van der Waals surface area contributed by atoms with Gasteiger partial charge in [0.05, 0.1) is 6.54 Å². The van der Waals surface area contributed by atoms with Crippen molar-refractivity contribution >= 4 is 17.2 Å². The number of nitrogens with zero attached hydrogens (tertiary/aromatic N) is 1. The van der Waals surface area contributed by atoms with Crippen molar-refractivity contribution in [3.63, 3.8) is 0 Å². The molecular formula is C17H26N2OS. The van der Waals surface area contributed by atoms with Crippen molar-refractivity contribution in [1.82, 2.24) is 10.2 Å². The minimum atomic E-state index is 0.220. The smallest absolute Gasteiger partial charge is 0.234 e. The highest BCUT2D eigenvalue weighted by molar-refractivity contribution is 7.09. The van der Waals surface area contributed by atoms with E-state index in [1.807, 2.05) is 0 Å². The van der Waals surface area contributed by atoms with Crippen molar-refractivity contribution in [1.29, 1.82) is 0 Å². The molecule has 0 aliphatic heterocycles. The SMILES string of the molecule is C[C@@H]1CCCC[C@H]1NC(=O)CN(Cc1cccs1)C1CC1. The number of carbonyl (C=O) groups excluding carboxylic acids is 1. The molecule has 2 fully saturated rings. The molecule has 2 atom stereocenters. The van der Waals surface area contributed by atoms with E-state index < -0.39 is 0 Å². The van der Waals surface area contributed by atoms with Crippen LogP contribution in [0.4, 0.5) is 0 Å². The van der Waals surface area contributed by atoms with Crippen molar-refractivity contribution in [2.75, 3.05) is 6.54 Å². The van der Waals surface area contributed by atoms with Gasteiger partial charge in [-0.05, 0) is 43.0 Å². The predicted molar refractivity (Wildman–Crippen MR) is 87.3 cm³/mol. The molecule has 116 valence electrons. The third kappa shape index (κ3) is 4.30. The summed E-state index contributed by atoms with van der Waals surface area (Å²) in [6.07, 6.45) is 7.49. The van der Waals surface area contributed by atoms with Crippen LogP contribution in [0.2, 0.25) is 0 Å². The van der Waals surface area contributed by atoms with Gasteiger partial charge in [0.15, 0.2) is 0 Å². The molecule has 0 bridgehead atoms. The second kappa shape index (κ2) is 6.93. The normalized spacial score (nSPS) is 26.0. The van der Waals surface area contributed by atoms with Gasteiger partial charge in [-0.1, -0.05) is 25.8 Å². The molecule has 0 spiro atoms. The Bertz CT molecular complexity index is 455. The van der Waals surface area contributed by atoms with Crippen LogP contribution in [0.3, 0.4) is 0 Å². The standard InChI is InChI=1S/C17H26N2OS/c1-13-5-2-3-7-16(13)18-17(20)12-19(14-8-9-14)11-15-6-4-10-21-15/h4,6,10,13-14,16H,2-3,5,7-9,11-12H2,1H3,(H,18,20)/t13-,16-/m1/s1. The number of hydrogen-bond acceptors (Lipinski definition) is 3. The van der Waals surface area contributed by atoms with Crippen molar-refractivity contribution in [2.45, 2.75) is 64.1 Å². The van der Waals surface area contributed by atoms with Crippen LogP contribution < -0.4 is 5.32 Å². The second-order valence-electron chi connectivity index (χ2n) is 6.65. The molecule has 0 radical (unpaired) electrons. The lowest BCUT2D eigenvalue weighted by molar-refractivity contribution is -0.123. The van der Waals surface area contributed by atoms with Crippen LogP contribution in [-0.4, -0.2) is 29.4 Å². The van der Waals surface area contributed by atoms with E-state index in [2.05, 4.69) is 34.7 Å².